The third-order valence-corrected chi connectivity index (χ3v) is 9.38. The van der Waals surface area contributed by atoms with Crippen molar-refractivity contribution in [1.29, 1.82) is 0 Å². The van der Waals surface area contributed by atoms with Crippen LogP contribution in [-0.4, -0.2) is 8.32 Å². The average Bonchev–Trinajstić information content (AvgIpc) is 2.50. The van der Waals surface area contributed by atoms with Crippen LogP contribution in [0.15, 0.2) is 24.3 Å². The molecule has 0 aliphatic rings. The van der Waals surface area contributed by atoms with Crippen LogP contribution in [-0.2, 0) is 4.43 Å². The van der Waals surface area contributed by atoms with Crippen LogP contribution in [0.4, 0.5) is 0 Å². The van der Waals surface area contributed by atoms with Crippen LogP contribution in [0.5, 0.6) is 0 Å². The molecule has 1 nitrogen and oxygen atoms in total. The highest BCUT2D eigenvalue weighted by Crippen LogP contribution is 2.36. The van der Waals surface area contributed by atoms with Gasteiger partial charge in [0.1, 0.15) is 0 Å². The van der Waals surface area contributed by atoms with Gasteiger partial charge in [0, 0.05) is 6.42 Å². The summed E-state index contributed by atoms with van der Waals surface area (Å²) < 4.78 is 6.81. The fourth-order valence-electron chi connectivity index (χ4n) is 2.95. The SMILES string of the molecule is C#CC[C@@H](C)[C@H](O[Si](CC)(CC)CC)c1ccccc1C. The minimum Gasteiger partial charge on any atom is -0.410 e. The van der Waals surface area contributed by atoms with Gasteiger partial charge in [-0.2, -0.15) is 0 Å². The molecule has 1 aromatic carbocycles. The maximum Gasteiger partial charge on any atom is 0.192 e. The first-order valence-electron chi connectivity index (χ1n) is 8.20. The molecule has 0 bridgehead atoms. The highest BCUT2D eigenvalue weighted by Gasteiger charge is 2.34. The minimum absolute atomic E-state index is 0.133. The second kappa shape index (κ2) is 8.41. The molecule has 0 aliphatic carbocycles. The van der Waals surface area contributed by atoms with Gasteiger partial charge in [-0.05, 0) is 42.1 Å². The van der Waals surface area contributed by atoms with Gasteiger partial charge in [-0.15, -0.1) is 12.3 Å². The van der Waals surface area contributed by atoms with Crippen LogP contribution in [0.25, 0.3) is 0 Å². The fraction of sp³-hybridized carbons (Fsp3) is 0.579. The third-order valence-electron chi connectivity index (χ3n) is 4.76. The van der Waals surface area contributed by atoms with Crippen molar-refractivity contribution in [3.8, 4) is 12.3 Å². The van der Waals surface area contributed by atoms with E-state index in [0.717, 1.165) is 6.42 Å². The van der Waals surface area contributed by atoms with E-state index < -0.39 is 8.32 Å². The Morgan fingerprint density at radius 3 is 2.19 bits per heavy atom. The molecular weight excluding hydrogens is 272 g/mol. The van der Waals surface area contributed by atoms with E-state index in [-0.39, 0.29) is 6.10 Å². The van der Waals surface area contributed by atoms with Crippen LogP contribution in [0, 0.1) is 25.2 Å². The van der Waals surface area contributed by atoms with Gasteiger partial charge < -0.3 is 4.43 Å². The Morgan fingerprint density at radius 1 is 1.14 bits per heavy atom. The van der Waals surface area contributed by atoms with Gasteiger partial charge in [0.2, 0.25) is 0 Å². The normalized spacial score (nSPS) is 14.5. The summed E-state index contributed by atoms with van der Waals surface area (Å²) in [5.74, 6) is 3.17. The Hall–Kier alpha value is -1.04. The first kappa shape index (κ1) is 18.0. The summed E-state index contributed by atoms with van der Waals surface area (Å²) in [4.78, 5) is 0. The predicted octanol–water partition coefficient (Wildman–Crippen LogP) is 5.72. The molecule has 0 spiro atoms. The van der Waals surface area contributed by atoms with Crippen molar-refractivity contribution in [3.63, 3.8) is 0 Å². The van der Waals surface area contributed by atoms with Crippen molar-refractivity contribution in [3.05, 3.63) is 35.4 Å². The molecule has 0 aliphatic heterocycles. The van der Waals surface area contributed by atoms with E-state index in [1.165, 1.54) is 29.3 Å². The second-order valence-corrected chi connectivity index (χ2v) is 10.7. The molecule has 0 fully saturated rings. The third kappa shape index (κ3) is 4.46. The Bertz CT molecular complexity index is 462. The van der Waals surface area contributed by atoms with E-state index in [1.807, 2.05) is 0 Å². The highest BCUT2D eigenvalue weighted by atomic mass is 28.4. The molecule has 1 aromatic rings. The number of benzene rings is 1. The molecular formula is C19H30OSi. The van der Waals surface area contributed by atoms with Crippen LogP contribution in [0.3, 0.4) is 0 Å². The van der Waals surface area contributed by atoms with Crippen LogP contribution >= 0.6 is 0 Å². The van der Waals surface area contributed by atoms with Gasteiger partial charge >= 0.3 is 0 Å². The fourth-order valence-corrected chi connectivity index (χ4v) is 5.85. The summed E-state index contributed by atoms with van der Waals surface area (Å²) in [5.41, 5.74) is 2.62. The van der Waals surface area contributed by atoms with Gasteiger partial charge in [0.25, 0.3) is 0 Å². The predicted molar refractivity (Wildman–Crippen MR) is 94.8 cm³/mol. The standard InChI is InChI=1S/C19H30OSi/c1-7-13-17(6)19(18-15-12-11-14-16(18)5)20-21(8-2,9-3)10-4/h1,11-12,14-15,17,19H,8-10,13H2,2-6H3/t17-,19+/m1/s1. The van der Waals surface area contributed by atoms with Crippen molar-refractivity contribution in [2.24, 2.45) is 5.92 Å². The van der Waals surface area contributed by atoms with E-state index >= 15 is 0 Å². The van der Waals surface area contributed by atoms with E-state index in [2.05, 4.69) is 64.8 Å². The van der Waals surface area contributed by atoms with Crippen molar-refractivity contribution in [1.82, 2.24) is 0 Å². The highest BCUT2D eigenvalue weighted by molar-refractivity contribution is 6.73. The summed E-state index contributed by atoms with van der Waals surface area (Å²) in [7, 11) is -1.65. The Kier molecular flexibility index (Phi) is 7.21. The number of hydrogen-bond donors (Lipinski definition) is 0. The zero-order chi connectivity index (χ0) is 15.9. The van der Waals surface area contributed by atoms with E-state index in [1.54, 1.807) is 0 Å². The number of aryl methyl sites for hydroxylation is 1. The lowest BCUT2D eigenvalue weighted by Gasteiger charge is -2.36. The maximum atomic E-state index is 6.81. The Morgan fingerprint density at radius 2 is 1.71 bits per heavy atom. The average molecular weight is 303 g/mol. The lowest BCUT2D eigenvalue weighted by molar-refractivity contribution is 0.132. The maximum absolute atomic E-state index is 6.81. The molecule has 21 heavy (non-hydrogen) atoms. The summed E-state index contributed by atoms with van der Waals surface area (Å²) in [6.45, 7) is 11.2. The van der Waals surface area contributed by atoms with Gasteiger partial charge in [-0.3, -0.25) is 0 Å². The summed E-state index contributed by atoms with van der Waals surface area (Å²) in [5, 5.41) is 0. The molecule has 0 radical (unpaired) electrons. The van der Waals surface area contributed by atoms with Crippen molar-refractivity contribution in [2.75, 3.05) is 0 Å². The largest absolute Gasteiger partial charge is 0.410 e. The molecule has 0 aromatic heterocycles. The van der Waals surface area contributed by atoms with Gasteiger partial charge in [0.15, 0.2) is 8.32 Å². The molecule has 0 saturated carbocycles. The van der Waals surface area contributed by atoms with Crippen LogP contribution in [0.2, 0.25) is 18.1 Å². The quantitative estimate of drug-likeness (QED) is 0.441. The molecule has 0 heterocycles. The first-order valence-corrected chi connectivity index (χ1v) is 10.7. The zero-order valence-electron chi connectivity index (χ0n) is 14.3. The molecule has 2 heteroatoms. The summed E-state index contributed by atoms with van der Waals surface area (Å²) in [6.07, 6.45) is 6.45. The molecule has 0 amide bonds. The second-order valence-electron chi connectivity index (χ2n) is 6.02. The molecule has 2 atom stereocenters. The molecule has 0 saturated heterocycles. The molecule has 0 N–H and O–H groups in total. The monoisotopic (exact) mass is 302 g/mol. The molecule has 116 valence electrons. The lowest BCUT2D eigenvalue weighted by atomic mass is 9.92. The van der Waals surface area contributed by atoms with E-state index in [4.69, 9.17) is 10.8 Å². The topological polar surface area (TPSA) is 9.23 Å². The Labute approximate surface area is 132 Å². The van der Waals surface area contributed by atoms with Crippen LogP contribution < -0.4 is 0 Å². The summed E-state index contributed by atoms with van der Waals surface area (Å²) >= 11 is 0. The Balaban J connectivity index is 3.15. The molecule has 0 unspecified atom stereocenters. The van der Waals surface area contributed by atoms with Crippen LogP contribution in [0.1, 0.15) is 51.3 Å². The van der Waals surface area contributed by atoms with E-state index in [9.17, 15) is 0 Å². The first-order chi connectivity index (χ1) is 10.0. The number of rotatable bonds is 8. The summed E-state index contributed by atoms with van der Waals surface area (Å²) in [6, 6.07) is 12.1. The van der Waals surface area contributed by atoms with Gasteiger partial charge in [0.05, 0.1) is 6.10 Å². The number of terminal acetylenes is 1. The zero-order valence-corrected chi connectivity index (χ0v) is 15.3. The van der Waals surface area contributed by atoms with Crippen molar-refractivity contribution >= 4 is 8.32 Å². The number of hydrogen-bond acceptors (Lipinski definition) is 1. The van der Waals surface area contributed by atoms with Crippen molar-refractivity contribution < 1.29 is 4.43 Å². The minimum atomic E-state index is -1.65. The van der Waals surface area contributed by atoms with E-state index in [0.29, 0.717) is 5.92 Å². The molecule has 1 rings (SSSR count). The smallest absolute Gasteiger partial charge is 0.192 e. The van der Waals surface area contributed by atoms with Crippen molar-refractivity contribution in [2.45, 2.75) is 65.3 Å². The lowest BCUT2D eigenvalue weighted by Crippen LogP contribution is -2.38. The van der Waals surface area contributed by atoms with Gasteiger partial charge in [-0.1, -0.05) is 52.0 Å². The van der Waals surface area contributed by atoms with Gasteiger partial charge in [-0.25, -0.2) is 0 Å².